The van der Waals surface area contributed by atoms with Crippen molar-refractivity contribution in [2.45, 2.75) is 58.8 Å². The van der Waals surface area contributed by atoms with Gasteiger partial charge in [-0.05, 0) is 51.9 Å². The van der Waals surface area contributed by atoms with Gasteiger partial charge in [0.15, 0.2) is 0 Å². The van der Waals surface area contributed by atoms with E-state index in [0.29, 0.717) is 18.8 Å². The van der Waals surface area contributed by atoms with Crippen molar-refractivity contribution in [1.29, 1.82) is 0 Å². The van der Waals surface area contributed by atoms with E-state index in [2.05, 4.69) is 24.9 Å². The van der Waals surface area contributed by atoms with Crippen molar-refractivity contribution in [3.8, 4) is 0 Å². The van der Waals surface area contributed by atoms with Crippen LogP contribution in [0.2, 0.25) is 0 Å². The Balaban J connectivity index is 1.61. The standard InChI is InChI=1S/C19H28N2O3/c1-15(2)5-3-8-18(23)21-12-9-16(10-13-21)6-4-7-17(22)19-20-11-14-24-19/h5,11,14,16H,3-4,6-10,12-13H2,1-2H3. The Hall–Kier alpha value is -1.91. The number of nitrogens with zero attached hydrogens (tertiary/aromatic N) is 2. The van der Waals surface area contributed by atoms with Crippen LogP contribution in [0.4, 0.5) is 0 Å². The number of ketones is 1. The lowest BCUT2D eigenvalue weighted by Gasteiger charge is -2.32. The van der Waals surface area contributed by atoms with Crippen molar-refractivity contribution in [1.82, 2.24) is 9.88 Å². The fraction of sp³-hybridized carbons (Fsp3) is 0.632. The number of likely N-dealkylation sites (tertiary alicyclic amines) is 1. The minimum Gasteiger partial charge on any atom is -0.442 e. The van der Waals surface area contributed by atoms with Crippen molar-refractivity contribution < 1.29 is 14.0 Å². The van der Waals surface area contributed by atoms with E-state index in [4.69, 9.17) is 4.42 Å². The molecule has 5 heteroatoms. The molecule has 0 radical (unpaired) electrons. The lowest BCUT2D eigenvalue weighted by molar-refractivity contribution is -0.132. The van der Waals surface area contributed by atoms with Crippen LogP contribution in [0.3, 0.4) is 0 Å². The third-order valence-electron chi connectivity index (χ3n) is 4.57. The number of aromatic nitrogens is 1. The van der Waals surface area contributed by atoms with Crippen molar-refractivity contribution in [2.75, 3.05) is 13.1 Å². The van der Waals surface area contributed by atoms with Crippen LogP contribution in [0.25, 0.3) is 0 Å². The molecule has 0 unspecified atom stereocenters. The molecule has 1 aliphatic heterocycles. The molecule has 0 spiro atoms. The van der Waals surface area contributed by atoms with Gasteiger partial charge in [0.2, 0.25) is 11.7 Å². The molecule has 1 aliphatic rings. The van der Waals surface area contributed by atoms with E-state index in [1.54, 1.807) is 0 Å². The molecule has 0 aromatic carbocycles. The molecular formula is C19H28N2O3. The average Bonchev–Trinajstić information content (AvgIpc) is 3.09. The molecule has 5 nitrogen and oxygen atoms in total. The van der Waals surface area contributed by atoms with Gasteiger partial charge in [-0.3, -0.25) is 9.59 Å². The molecule has 132 valence electrons. The van der Waals surface area contributed by atoms with Gasteiger partial charge in [0.1, 0.15) is 6.26 Å². The number of oxazole rings is 1. The predicted octanol–water partition coefficient (Wildman–Crippen LogP) is 4.01. The number of allylic oxidation sites excluding steroid dienone is 2. The second kappa shape index (κ2) is 9.40. The second-order valence-corrected chi connectivity index (χ2v) is 6.80. The van der Waals surface area contributed by atoms with Crippen LogP contribution in [0.15, 0.2) is 28.5 Å². The Morgan fingerprint density at radius 1 is 1.29 bits per heavy atom. The van der Waals surface area contributed by atoms with Gasteiger partial charge < -0.3 is 9.32 Å². The smallest absolute Gasteiger partial charge is 0.263 e. The van der Waals surface area contributed by atoms with E-state index in [0.717, 1.165) is 45.2 Å². The molecular weight excluding hydrogens is 304 g/mol. The number of hydrogen-bond acceptors (Lipinski definition) is 4. The Bertz CT molecular complexity index is 551. The molecule has 0 N–H and O–H groups in total. The molecule has 0 atom stereocenters. The van der Waals surface area contributed by atoms with Crippen LogP contribution in [-0.2, 0) is 4.79 Å². The van der Waals surface area contributed by atoms with E-state index in [9.17, 15) is 9.59 Å². The Morgan fingerprint density at radius 3 is 2.67 bits per heavy atom. The summed E-state index contributed by atoms with van der Waals surface area (Å²) >= 11 is 0. The number of hydrogen-bond donors (Lipinski definition) is 0. The highest BCUT2D eigenvalue weighted by Crippen LogP contribution is 2.23. The van der Waals surface area contributed by atoms with Crippen molar-refractivity contribution in [3.63, 3.8) is 0 Å². The predicted molar refractivity (Wildman–Crippen MR) is 92.7 cm³/mol. The maximum atomic E-state index is 12.2. The first kappa shape index (κ1) is 18.4. The van der Waals surface area contributed by atoms with Crippen molar-refractivity contribution in [2.24, 2.45) is 5.92 Å². The first-order valence-corrected chi connectivity index (χ1v) is 8.90. The van der Waals surface area contributed by atoms with E-state index in [-0.39, 0.29) is 17.6 Å². The highest BCUT2D eigenvalue weighted by atomic mass is 16.3. The van der Waals surface area contributed by atoms with Gasteiger partial charge in [-0.25, -0.2) is 4.98 Å². The fourth-order valence-corrected chi connectivity index (χ4v) is 3.13. The summed E-state index contributed by atoms with van der Waals surface area (Å²) in [4.78, 5) is 29.9. The molecule has 1 fully saturated rings. The SMILES string of the molecule is CC(C)=CCCC(=O)N1CCC(CCCC(=O)c2ncco2)CC1. The average molecular weight is 332 g/mol. The molecule has 0 saturated carbocycles. The number of carbonyl (C=O) groups is 2. The third-order valence-corrected chi connectivity index (χ3v) is 4.57. The highest BCUT2D eigenvalue weighted by molar-refractivity contribution is 5.91. The van der Waals surface area contributed by atoms with E-state index in [1.807, 2.05) is 4.90 Å². The number of amides is 1. The topological polar surface area (TPSA) is 63.4 Å². The molecule has 2 heterocycles. The van der Waals surface area contributed by atoms with Gasteiger partial charge in [0, 0.05) is 25.9 Å². The summed E-state index contributed by atoms with van der Waals surface area (Å²) in [7, 11) is 0. The molecule has 0 bridgehead atoms. The summed E-state index contributed by atoms with van der Waals surface area (Å²) in [6.45, 7) is 5.82. The minimum absolute atomic E-state index is 0.0214. The summed E-state index contributed by atoms with van der Waals surface area (Å²) in [5.41, 5.74) is 1.26. The molecule has 1 aromatic heterocycles. The fourth-order valence-electron chi connectivity index (χ4n) is 3.13. The first-order valence-electron chi connectivity index (χ1n) is 8.90. The molecule has 2 rings (SSSR count). The van der Waals surface area contributed by atoms with E-state index in [1.165, 1.54) is 18.0 Å². The van der Waals surface area contributed by atoms with E-state index >= 15 is 0 Å². The van der Waals surface area contributed by atoms with Gasteiger partial charge >= 0.3 is 0 Å². The molecule has 1 saturated heterocycles. The first-order chi connectivity index (χ1) is 11.6. The summed E-state index contributed by atoms with van der Waals surface area (Å²) < 4.78 is 5.02. The zero-order chi connectivity index (χ0) is 17.4. The Kier molecular flexibility index (Phi) is 7.22. The van der Waals surface area contributed by atoms with Crippen molar-refractivity contribution >= 4 is 11.7 Å². The minimum atomic E-state index is -0.0214. The van der Waals surface area contributed by atoms with Gasteiger partial charge in [0.05, 0.1) is 6.20 Å². The molecule has 1 amide bonds. The lowest BCUT2D eigenvalue weighted by atomic mass is 9.91. The van der Waals surface area contributed by atoms with Gasteiger partial charge in [-0.2, -0.15) is 0 Å². The maximum Gasteiger partial charge on any atom is 0.263 e. The third kappa shape index (κ3) is 5.95. The van der Waals surface area contributed by atoms with Gasteiger partial charge in [0.25, 0.3) is 5.89 Å². The quantitative estimate of drug-likeness (QED) is 0.533. The second-order valence-electron chi connectivity index (χ2n) is 6.80. The maximum absolute atomic E-state index is 12.2. The van der Waals surface area contributed by atoms with E-state index < -0.39 is 0 Å². The number of piperidine rings is 1. The number of rotatable bonds is 8. The zero-order valence-corrected chi connectivity index (χ0v) is 14.8. The number of carbonyl (C=O) groups excluding carboxylic acids is 2. The zero-order valence-electron chi connectivity index (χ0n) is 14.8. The molecule has 24 heavy (non-hydrogen) atoms. The van der Waals surface area contributed by atoms with Gasteiger partial charge in [-0.15, -0.1) is 0 Å². The number of Topliss-reactive ketones (excluding diaryl/α,β-unsaturated/α-hetero) is 1. The van der Waals surface area contributed by atoms with Crippen molar-refractivity contribution in [3.05, 3.63) is 30.0 Å². The summed E-state index contributed by atoms with van der Waals surface area (Å²) in [6, 6.07) is 0. The lowest BCUT2D eigenvalue weighted by Crippen LogP contribution is -2.38. The van der Waals surface area contributed by atoms with Crippen LogP contribution in [0.5, 0.6) is 0 Å². The van der Waals surface area contributed by atoms with Crippen LogP contribution in [0, 0.1) is 5.92 Å². The molecule has 0 aliphatic carbocycles. The Morgan fingerprint density at radius 2 is 2.04 bits per heavy atom. The van der Waals surface area contributed by atoms with Crippen LogP contribution >= 0.6 is 0 Å². The summed E-state index contributed by atoms with van der Waals surface area (Å²) in [6.07, 6.45) is 11.0. The summed E-state index contributed by atoms with van der Waals surface area (Å²) in [5, 5.41) is 0. The van der Waals surface area contributed by atoms with Gasteiger partial charge in [-0.1, -0.05) is 11.6 Å². The Labute approximate surface area is 144 Å². The normalized spacial score (nSPS) is 15.3. The largest absolute Gasteiger partial charge is 0.442 e. The van der Waals surface area contributed by atoms with Crippen LogP contribution < -0.4 is 0 Å². The highest BCUT2D eigenvalue weighted by Gasteiger charge is 2.22. The van der Waals surface area contributed by atoms with Crippen LogP contribution in [-0.4, -0.2) is 34.7 Å². The molecule has 1 aromatic rings. The monoisotopic (exact) mass is 332 g/mol. The van der Waals surface area contributed by atoms with Crippen LogP contribution in [0.1, 0.15) is 69.5 Å². The summed E-state index contributed by atoms with van der Waals surface area (Å²) in [5.74, 6) is 1.08.